The first kappa shape index (κ1) is 70.1. The van der Waals surface area contributed by atoms with Gasteiger partial charge < -0.3 is 15.5 Å². The third-order valence-electron chi connectivity index (χ3n) is 14.0. The van der Waals surface area contributed by atoms with Gasteiger partial charge >= 0.3 is 0 Å². The van der Waals surface area contributed by atoms with Gasteiger partial charge in [-0.25, -0.2) is 0 Å². The molecule has 0 fully saturated rings. The SMILES string of the molecule is CC/C=C\C/C=C\C/C=C\C/C=C\C/C=C\C/C=C\C/C=C\CCCCCCCCCCCCCCCCCCCCCC(=O)NC(CO)C(O)/C=C/CC/C=C/CCCCCCCCCCCCCCCC. The summed E-state index contributed by atoms with van der Waals surface area (Å²) >= 11 is 0. The number of rotatable bonds is 57. The summed E-state index contributed by atoms with van der Waals surface area (Å²) in [5.74, 6) is -0.0725. The highest BCUT2D eigenvalue weighted by molar-refractivity contribution is 5.76. The molecular formula is C69H121NO3. The average Bonchev–Trinajstić information content (AvgIpc) is 3.40. The molecule has 4 heteroatoms. The quantitative estimate of drug-likeness (QED) is 0.0420. The van der Waals surface area contributed by atoms with Crippen LogP contribution in [0, 0.1) is 0 Å². The maximum Gasteiger partial charge on any atom is 0.220 e. The Morgan fingerprint density at radius 2 is 0.616 bits per heavy atom. The van der Waals surface area contributed by atoms with Crippen molar-refractivity contribution in [1.82, 2.24) is 5.32 Å². The van der Waals surface area contributed by atoms with Crippen molar-refractivity contribution in [1.29, 1.82) is 0 Å². The van der Waals surface area contributed by atoms with Gasteiger partial charge in [-0.05, 0) is 89.9 Å². The van der Waals surface area contributed by atoms with Crippen LogP contribution in [0.3, 0.4) is 0 Å². The molecule has 0 aliphatic rings. The van der Waals surface area contributed by atoms with Crippen LogP contribution in [0.1, 0.15) is 303 Å². The second kappa shape index (κ2) is 63.3. The van der Waals surface area contributed by atoms with Crippen molar-refractivity contribution in [2.75, 3.05) is 6.61 Å². The number of unbranched alkanes of at least 4 members (excludes halogenated alkanes) is 34. The molecule has 0 heterocycles. The van der Waals surface area contributed by atoms with Crippen LogP contribution in [-0.4, -0.2) is 34.9 Å². The summed E-state index contributed by atoms with van der Waals surface area (Å²) < 4.78 is 0. The third-order valence-corrected chi connectivity index (χ3v) is 14.0. The van der Waals surface area contributed by atoms with E-state index >= 15 is 0 Å². The normalized spacial score (nSPS) is 13.5. The summed E-state index contributed by atoms with van der Waals surface area (Å²) in [4.78, 5) is 12.5. The van der Waals surface area contributed by atoms with Crippen LogP contribution in [0.5, 0.6) is 0 Å². The first-order valence-electron chi connectivity index (χ1n) is 31.6. The van der Waals surface area contributed by atoms with Gasteiger partial charge in [-0.2, -0.15) is 0 Å². The molecule has 0 aliphatic carbocycles. The highest BCUT2D eigenvalue weighted by Gasteiger charge is 2.18. The van der Waals surface area contributed by atoms with Gasteiger partial charge in [0.1, 0.15) is 0 Å². The molecule has 0 aliphatic heterocycles. The molecule has 0 aromatic heterocycles. The fourth-order valence-electron chi connectivity index (χ4n) is 9.24. The summed E-state index contributed by atoms with van der Waals surface area (Å²) in [6.45, 7) is 4.20. The Hall–Kier alpha value is -2.95. The molecule has 0 aromatic carbocycles. The Balaban J connectivity index is 3.50. The van der Waals surface area contributed by atoms with E-state index in [2.05, 4.69) is 116 Å². The zero-order valence-corrected chi connectivity index (χ0v) is 48.4. The van der Waals surface area contributed by atoms with Crippen LogP contribution in [0.25, 0.3) is 0 Å². The van der Waals surface area contributed by atoms with E-state index in [-0.39, 0.29) is 12.5 Å². The van der Waals surface area contributed by atoms with E-state index < -0.39 is 12.1 Å². The lowest BCUT2D eigenvalue weighted by molar-refractivity contribution is -0.123. The summed E-state index contributed by atoms with van der Waals surface area (Å²) in [6.07, 6.45) is 95.7. The minimum atomic E-state index is -0.866. The summed E-state index contributed by atoms with van der Waals surface area (Å²) in [6, 6.07) is -0.643. The molecule has 4 nitrogen and oxygen atoms in total. The molecule has 0 aromatic rings. The number of hydrogen-bond donors (Lipinski definition) is 3. The van der Waals surface area contributed by atoms with E-state index in [1.165, 1.54) is 205 Å². The standard InChI is InChI=1S/C69H121NO3/c1-3-5-7-9-11-13-15-17-19-21-23-25-26-27-28-29-30-31-32-33-34-35-36-37-38-39-40-41-42-43-44-45-47-49-51-53-55-57-59-61-63-65-69(73)70-67(66-71)68(72)64-62-60-58-56-54-52-50-48-46-24-22-20-18-16-14-12-10-8-6-4-2/h5,7,11,13,17,19,23,25,27-28,30-31,33-34,54,56,62,64,67-68,71-72H,3-4,6,8-10,12,14-16,18,20-22,24,26,29,32,35-53,55,57-61,63,65-66H2,1-2H3,(H,70,73)/b7-5-,13-11-,19-17-,25-23-,28-27-,31-30-,34-33-,56-54+,64-62+. The maximum atomic E-state index is 12.5. The Labute approximate surface area is 455 Å². The van der Waals surface area contributed by atoms with Gasteiger partial charge in [0.05, 0.1) is 18.8 Å². The number of aliphatic hydroxyl groups is 2. The number of amides is 1. The second-order valence-corrected chi connectivity index (χ2v) is 21.1. The van der Waals surface area contributed by atoms with Crippen LogP contribution in [0.15, 0.2) is 109 Å². The lowest BCUT2D eigenvalue weighted by Gasteiger charge is -2.19. The number of nitrogens with one attached hydrogen (secondary N) is 1. The van der Waals surface area contributed by atoms with Crippen molar-refractivity contribution in [3.8, 4) is 0 Å². The van der Waals surface area contributed by atoms with Crippen LogP contribution in [0.2, 0.25) is 0 Å². The van der Waals surface area contributed by atoms with Crippen molar-refractivity contribution < 1.29 is 15.0 Å². The zero-order valence-electron chi connectivity index (χ0n) is 48.4. The molecule has 2 unspecified atom stereocenters. The third kappa shape index (κ3) is 59.8. The van der Waals surface area contributed by atoms with Gasteiger partial charge in [0.2, 0.25) is 5.91 Å². The molecular weight excluding hydrogens is 891 g/mol. The predicted molar refractivity (Wildman–Crippen MR) is 326 cm³/mol. The molecule has 73 heavy (non-hydrogen) atoms. The monoisotopic (exact) mass is 1010 g/mol. The lowest BCUT2D eigenvalue weighted by atomic mass is 10.0. The minimum absolute atomic E-state index is 0.0725. The van der Waals surface area contributed by atoms with Gasteiger partial charge in [0.25, 0.3) is 0 Å². The summed E-state index contributed by atoms with van der Waals surface area (Å²) in [5.41, 5.74) is 0. The molecule has 0 spiro atoms. The topological polar surface area (TPSA) is 69.6 Å². The number of aliphatic hydroxyl groups excluding tert-OH is 2. The molecule has 0 radical (unpaired) electrons. The van der Waals surface area contributed by atoms with E-state index in [4.69, 9.17) is 0 Å². The minimum Gasteiger partial charge on any atom is -0.394 e. The smallest absolute Gasteiger partial charge is 0.220 e. The number of carbonyl (C=O) groups excluding carboxylic acids is 1. The number of carbonyl (C=O) groups is 1. The van der Waals surface area contributed by atoms with E-state index in [1.807, 2.05) is 6.08 Å². The first-order valence-corrected chi connectivity index (χ1v) is 31.6. The van der Waals surface area contributed by atoms with E-state index in [0.717, 1.165) is 77.0 Å². The molecule has 0 saturated carbocycles. The summed E-state index contributed by atoms with van der Waals surface area (Å²) in [5, 5.41) is 23.2. The fourth-order valence-corrected chi connectivity index (χ4v) is 9.24. The first-order chi connectivity index (χ1) is 36.2. The average molecular weight is 1010 g/mol. The van der Waals surface area contributed by atoms with E-state index in [9.17, 15) is 15.0 Å². The Morgan fingerprint density at radius 1 is 0.342 bits per heavy atom. The highest BCUT2D eigenvalue weighted by Crippen LogP contribution is 2.17. The second-order valence-electron chi connectivity index (χ2n) is 21.1. The van der Waals surface area contributed by atoms with Crippen LogP contribution < -0.4 is 5.32 Å². The predicted octanol–water partition coefficient (Wildman–Crippen LogP) is 21.4. The van der Waals surface area contributed by atoms with E-state index in [1.54, 1.807) is 6.08 Å². The van der Waals surface area contributed by atoms with Crippen molar-refractivity contribution in [2.24, 2.45) is 0 Å². The van der Waals surface area contributed by atoms with Crippen molar-refractivity contribution in [3.05, 3.63) is 109 Å². The lowest BCUT2D eigenvalue weighted by Crippen LogP contribution is -2.45. The van der Waals surface area contributed by atoms with Crippen molar-refractivity contribution in [3.63, 3.8) is 0 Å². The Kier molecular flexibility index (Phi) is 60.8. The Bertz CT molecular complexity index is 1380. The van der Waals surface area contributed by atoms with Crippen LogP contribution in [0.4, 0.5) is 0 Å². The zero-order chi connectivity index (χ0) is 52.7. The maximum absolute atomic E-state index is 12.5. The molecule has 0 bridgehead atoms. The molecule has 2 atom stereocenters. The Morgan fingerprint density at radius 3 is 0.959 bits per heavy atom. The van der Waals surface area contributed by atoms with Crippen molar-refractivity contribution >= 4 is 5.91 Å². The van der Waals surface area contributed by atoms with Gasteiger partial charge in [0, 0.05) is 6.42 Å². The van der Waals surface area contributed by atoms with Gasteiger partial charge in [-0.3, -0.25) is 4.79 Å². The van der Waals surface area contributed by atoms with Gasteiger partial charge in [0.15, 0.2) is 0 Å². The van der Waals surface area contributed by atoms with Crippen molar-refractivity contribution in [2.45, 2.75) is 315 Å². The molecule has 3 N–H and O–H groups in total. The molecule has 1 amide bonds. The largest absolute Gasteiger partial charge is 0.394 e. The van der Waals surface area contributed by atoms with Crippen LogP contribution >= 0.6 is 0 Å². The molecule has 0 saturated heterocycles. The fraction of sp³-hybridized carbons (Fsp3) is 0.725. The number of hydrogen-bond acceptors (Lipinski definition) is 3. The van der Waals surface area contributed by atoms with Crippen LogP contribution in [-0.2, 0) is 4.79 Å². The molecule has 420 valence electrons. The number of allylic oxidation sites excluding steroid dienone is 17. The molecule has 0 rings (SSSR count). The highest BCUT2D eigenvalue weighted by atomic mass is 16.3. The van der Waals surface area contributed by atoms with Gasteiger partial charge in [-0.15, -0.1) is 0 Å². The van der Waals surface area contributed by atoms with E-state index in [0.29, 0.717) is 6.42 Å². The summed E-state index contributed by atoms with van der Waals surface area (Å²) in [7, 11) is 0. The van der Waals surface area contributed by atoms with Gasteiger partial charge in [-0.1, -0.05) is 316 Å².